The predicted molar refractivity (Wildman–Crippen MR) is 105 cm³/mol. The molecule has 140 valence electrons. The van der Waals surface area contributed by atoms with E-state index in [1.807, 2.05) is 69.9 Å². The maximum Gasteiger partial charge on any atom is 0.207 e. The van der Waals surface area contributed by atoms with E-state index in [1.54, 1.807) is 0 Å². The van der Waals surface area contributed by atoms with Crippen LogP contribution in [0.3, 0.4) is 0 Å². The quantitative estimate of drug-likeness (QED) is 0.660. The van der Waals surface area contributed by atoms with E-state index in [2.05, 4.69) is 0 Å². The fourth-order valence-corrected chi connectivity index (χ4v) is 3.50. The van der Waals surface area contributed by atoms with E-state index >= 15 is 0 Å². The van der Waals surface area contributed by atoms with Crippen LogP contribution in [0.5, 0.6) is 5.75 Å². The summed E-state index contributed by atoms with van der Waals surface area (Å²) in [5.41, 5.74) is 0.998. The van der Waals surface area contributed by atoms with Crippen molar-refractivity contribution in [3.63, 3.8) is 0 Å². The van der Waals surface area contributed by atoms with Gasteiger partial charge in [0, 0.05) is 5.69 Å². The van der Waals surface area contributed by atoms with Gasteiger partial charge in [0.25, 0.3) is 0 Å². The van der Waals surface area contributed by atoms with Gasteiger partial charge in [-0.15, -0.1) is 5.10 Å². The normalized spacial score (nSPS) is 15.0. The van der Waals surface area contributed by atoms with Crippen molar-refractivity contribution in [1.29, 1.82) is 0 Å². The van der Waals surface area contributed by atoms with Gasteiger partial charge >= 0.3 is 0 Å². The summed E-state index contributed by atoms with van der Waals surface area (Å²) in [6, 6.07) is 19.8. The van der Waals surface area contributed by atoms with Gasteiger partial charge in [0.05, 0.1) is 13.2 Å². The van der Waals surface area contributed by atoms with E-state index in [0.717, 1.165) is 50.2 Å². The van der Waals surface area contributed by atoms with Gasteiger partial charge in [-0.1, -0.05) is 36.4 Å². The van der Waals surface area contributed by atoms with E-state index in [-0.39, 0.29) is 0 Å². The van der Waals surface area contributed by atoms with Crippen molar-refractivity contribution in [2.24, 2.45) is 0 Å². The molecule has 0 radical (unpaired) electrons. The Morgan fingerprint density at radius 1 is 1.00 bits per heavy atom. The van der Waals surface area contributed by atoms with Gasteiger partial charge in [-0.3, -0.25) is 4.57 Å². The highest BCUT2D eigenvalue weighted by Gasteiger charge is 2.19. The van der Waals surface area contributed by atoms with Crippen LogP contribution in [0, 0.1) is 4.77 Å². The topological polar surface area (TPSA) is 45.6 Å². The zero-order valence-corrected chi connectivity index (χ0v) is 15.9. The van der Waals surface area contributed by atoms with Gasteiger partial charge in [0.15, 0.2) is 12.5 Å². The highest BCUT2D eigenvalue weighted by atomic mass is 32.1. The fourth-order valence-electron chi connectivity index (χ4n) is 3.18. The molecule has 0 aliphatic carbocycles. The molecule has 0 bridgehead atoms. The third-order valence-corrected chi connectivity index (χ3v) is 5.00. The standard InChI is InChI=1S/C20H22N4O2S/c27-20-23(16-22-11-13-25-14-12-22)21-19(15-26-18-9-5-2-6-10-18)24(20)17-7-3-1-4-8-17/h1-10H,11-16H2/p+1. The molecule has 6 nitrogen and oxygen atoms in total. The Hall–Kier alpha value is -2.48. The molecule has 1 N–H and O–H groups in total. The summed E-state index contributed by atoms with van der Waals surface area (Å²) in [5, 5.41) is 4.78. The first-order valence-electron chi connectivity index (χ1n) is 9.14. The number of morpholine rings is 1. The monoisotopic (exact) mass is 383 g/mol. The molecular formula is C20H23N4O2S+. The number of rotatable bonds is 6. The van der Waals surface area contributed by atoms with E-state index in [4.69, 9.17) is 26.8 Å². The average molecular weight is 383 g/mol. The SMILES string of the molecule is S=c1n(C[NH+]2CCOCC2)nc(COc2ccccc2)n1-c1ccccc1. The minimum absolute atomic E-state index is 0.355. The van der Waals surface area contributed by atoms with Crippen molar-refractivity contribution in [2.45, 2.75) is 13.3 Å². The lowest BCUT2D eigenvalue weighted by atomic mass is 10.3. The number of nitrogens with zero attached hydrogens (tertiary/aromatic N) is 3. The van der Waals surface area contributed by atoms with Gasteiger partial charge in [-0.25, -0.2) is 0 Å². The molecule has 1 saturated heterocycles. The Labute approximate surface area is 163 Å². The lowest BCUT2D eigenvalue weighted by molar-refractivity contribution is -0.930. The lowest BCUT2D eigenvalue weighted by Crippen LogP contribution is -3.13. The van der Waals surface area contributed by atoms with Gasteiger partial charge in [-0.05, 0) is 36.5 Å². The minimum Gasteiger partial charge on any atom is -0.486 e. The predicted octanol–water partition coefficient (Wildman–Crippen LogP) is 1.85. The zero-order chi connectivity index (χ0) is 18.5. The molecule has 1 fully saturated rings. The molecular weight excluding hydrogens is 360 g/mol. The first-order valence-corrected chi connectivity index (χ1v) is 9.55. The Morgan fingerprint density at radius 2 is 1.67 bits per heavy atom. The van der Waals surface area contributed by atoms with E-state index in [0.29, 0.717) is 11.4 Å². The number of hydrogen-bond acceptors (Lipinski definition) is 4. The lowest BCUT2D eigenvalue weighted by Gasteiger charge is -2.23. The van der Waals surface area contributed by atoms with Crippen LogP contribution in [-0.4, -0.2) is 40.7 Å². The summed E-state index contributed by atoms with van der Waals surface area (Å²) in [6.45, 7) is 4.60. The minimum atomic E-state index is 0.355. The van der Waals surface area contributed by atoms with Crippen LogP contribution < -0.4 is 9.64 Å². The van der Waals surface area contributed by atoms with Crippen molar-refractivity contribution in [3.8, 4) is 11.4 Å². The number of benzene rings is 2. The van der Waals surface area contributed by atoms with Crippen LogP contribution in [0.15, 0.2) is 60.7 Å². The Morgan fingerprint density at radius 3 is 2.37 bits per heavy atom. The van der Waals surface area contributed by atoms with Crippen LogP contribution in [0.2, 0.25) is 0 Å². The summed E-state index contributed by atoms with van der Waals surface area (Å²) >= 11 is 5.76. The third-order valence-electron chi connectivity index (χ3n) is 4.61. The van der Waals surface area contributed by atoms with Crippen LogP contribution in [0.1, 0.15) is 5.82 Å². The zero-order valence-electron chi connectivity index (χ0n) is 15.1. The average Bonchev–Trinajstić information content (AvgIpc) is 3.04. The van der Waals surface area contributed by atoms with Crippen molar-refractivity contribution in [1.82, 2.24) is 14.3 Å². The fraction of sp³-hybridized carbons (Fsp3) is 0.300. The summed E-state index contributed by atoms with van der Waals surface area (Å²) < 4.78 is 16.0. The van der Waals surface area contributed by atoms with E-state index in [9.17, 15) is 0 Å². The molecule has 0 unspecified atom stereocenters. The molecule has 0 atom stereocenters. The molecule has 1 aromatic heterocycles. The highest BCUT2D eigenvalue weighted by molar-refractivity contribution is 7.71. The molecule has 2 heterocycles. The van der Waals surface area contributed by atoms with Gasteiger partial charge in [-0.2, -0.15) is 4.68 Å². The second-order valence-electron chi connectivity index (χ2n) is 6.49. The smallest absolute Gasteiger partial charge is 0.207 e. The van der Waals surface area contributed by atoms with Crippen LogP contribution in [0.4, 0.5) is 0 Å². The van der Waals surface area contributed by atoms with Crippen molar-refractivity contribution in [2.75, 3.05) is 26.3 Å². The summed E-state index contributed by atoms with van der Waals surface area (Å²) in [5.74, 6) is 1.61. The molecule has 0 amide bonds. The molecule has 27 heavy (non-hydrogen) atoms. The van der Waals surface area contributed by atoms with Crippen LogP contribution in [-0.2, 0) is 18.0 Å². The van der Waals surface area contributed by atoms with Crippen molar-refractivity contribution >= 4 is 12.2 Å². The molecule has 2 aromatic carbocycles. The first kappa shape index (κ1) is 17.9. The van der Waals surface area contributed by atoms with Gasteiger partial charge < -0.3 is 14.4 Å². The largest absolute Gasteiger partial charge is 0.486 e. The second kappa shape index (κ2) is 8.47. The van der Waals surface area contributed by atoms with Gasteiger partial charge in [0.1, 0.15) is 25.4 Å². The van der Waals surface area contributed by atoms with Crippen molar-refractivity contribution < 1.29 is 14.4 Å². The number of quaternary nitrogens is 1. The summed E-state index contributed by atoms with van der Waals surface area (Å²) in [7, 11) is 0. The van der Waals surface area contributed by atoms with E-state index < -0.39 is 0 Å². The maximum absolute atomic E-state index is 5.94. The highest BCUT2D eigenvalue weighted by Crippen LogP contribution is 2.15. The number of hydrogen-bond donors (Lipinski definition) is 1. The number of ether oxygens (including phenoxy) is 2. The Bertz CT molecular complexity index is 918. The summed E-state index contributed by atoms with van der Waals surface area (Å²) in [6.07, 6.45) is 0. The van der Waals surface area contributed by atoms with Gasteiger partial charge in [0.2, 0.25) is 4.77 Å². The van der Waals surface area contributed by atoms with E-state index in [1.165, 1.54) is 4.90 Å². The van der Waals surface area contributed by atoms with Crippen molar-refractivity contribution in [3.05, 3.63) is 71.3 Å². The molecule has 3 aromatic rings. The Balaban J connectivity index is 1.63. The first-order chi connectivity index (χ1) is 13.3. The third kappa shape index (κ3) is 4.27. The molecule has 1 aliphatic rings. The molecule has 1 aliphatic heterocycles. The Kier molecular flexibility index (Phi) is 5.62. The number of nitrogens with one attached hydrogen (secondary N) is 1. The second-order valence-corrected chi connectivity index (χ2v) is 6.86. The number of para-hydroxylation sites is 2. The van der Waals surface area contributed by atoms with Crippen LogP contribution >= 0.6 is 12.2 Å². The molecule has 0 saturated carbocycles. The number of aromatic nitrogens is 3. The summed E-state index contributed by atoms with van der Waals surface area (Å²) in [4.78, 5) is 1.42. The molecule has 7 heteroatoms. The molecule has 0 spiro atoms. The molecule has 4 rings (SSSR count). The maximum atomic E-state index is 5.94. The van der Waals surface area contributed by atoms with Crippen LogP contribution in [0.25, 0.3) is 5.69 Å².